The van der Waals surface area contributed by atoms with Gasteiger partial charge in [-0.1, -0.05) is 12.1 Å². The molecule has 0 heterocycles. The predicted molar refractivity (Wildman–Crippen MR) is 54.9 cm³/mol. The SMILES string of the molecule is Cc1c(OCC(=O)O)cccc1C(C)O. The second-order valence-corrected chi connectivity index (χ2v) is 3.33. The van der Waals surface area contributed by atoms with E-state index in [0.29, 0.717) is 5.75 Å². The van der Waals surface area contributed by atoms with Crippen LogP contribution in [0, 0.1) is 6.92 Å². The van der Waals surface area contributed by atoms with Gasteiger partial charge < -0.3 is 14.9 Å². The fraction of sp³-hybridized carbons (Fsp3) is 0.364. The maximum atomic E-state index is 10.3. The summed E-state index contributed by atoms with van der Waals surface area (Å²) < 4.78 is 5.08. The molecule has 0 aromatic heterocycles. The Hall–Kier alpha value is -1.55. The zero-order valence-corrected chi connectivity index (χ0v) is 8.73. The number of carboxylic acids is 1. The normalized spacial score (nSPS) is 12.2. The Kier molecular flexibility index (Phi) is 3.68. The van der Waals surface area contributed by atoms with E-state index in [1.165, 1.54) is 0 Å². The highest BCUT2D eigenvalue weighted by atomic mass is 16.5. The van der Waals surface area contributed by atoms with Crippen LogP contribution in [0.4, 0.5) is 0 Å². The molecular formula is C11H14O4. The Morgan fingerprint density at radius 3 is 2.73 bits per heavy atom. The van der Waals surface area contributed by atoms with Crippen molar-refractivity contribution in [2.45, 2.75) is 20.0 Å². The van der Waals surface area contributed by atoms with Gasteiger partial charge in [0.2, 0.25) is 0 Å². The summed E-state index contributed by atoms with van der Waals surface area (Å²) in [6.45, 7) is 3.08. The number of hydrogen-bond donors (Lipinski definition) is 2. The van der Waals surface area contributed by atoms with Crippen molar-refractivity contribution >= 4 is 5.97 Å². The largest absolute Gasteiger partial charge is 0.482 e. The third kappa shape index (κ3) is 2.95. The predicted octanol–water partition coefficient (Wildman–Crippen LogP) is 1.51. The van der Waals surface area contributed by atoms with Crippen LogP contribution < -0.4 is 4.74 Å². The summed E-state index contributed by atoms with van der Waals surface area (Å²) >= 11 is 0. The minimum Gasteiger partial charge on any atom is -0.482 e. The lowest BCUT2D eigenvalue weighted by molar-refractivity contribution is -0.139. The third-order valence-electron chi connectivity index (χ3n) is 2.13. The molecule has 0 bridgehead atoms. The lowest BCUT2D eigenvalue weighted by Gasteiger charge is -2.13. The summed E-state index contributed by atoms with van der Waals surface area (Å²) in [7, 11) is 0. The molecule has 0 spiro atoms. The molecule has 2 N–H and O–H groups in total. The molecule has 82 valence electrons. The molecule has 1 aromatic rings. The number of hydrogen-bond acceptors (Lipinski definition) is 3. The number of aliphatic carboxylic acids is 1. The van der Waals surface area contributed by atoms with Crippen molar-refractivity contribution in [3.05, 3.63) is 29.3 Å². The summed E-state index contributed by atoms with van der Waals surface area (Å²) in [6, 6.07) is 5.20. The molecule has 15 heavy (non-hydrogen) atoms. The van der Waals surface area contributed by atoms with E-state index in [9.17, 15) is 9.90 Å². The van der Waals surface area contributed by atoms with Gasteiger partial charge in [0.1, 0.15) is 5.75 Å². The Labute approximate surface area is 88.1 Å². The molecular weight excluding hydrogens is 196 g/mol. The highest BCUT2D eigenvalue weighted by Crippen LogP contribution is 2.25. The summed E-state index contributed by atoms with van der Waals surface area (Å²) in [4.78, 5) is 10.3. The molecule has 4 heteroatoms. The first kappa shape index (κ1) is 11.5. The van der Waals surface area contributed by atoms with Crippen LogP contribution in [0.5, 0.6) is 5.75 Å². The van der Waals surface area contributed by atoms with Crippen molar-refractivity contribution in [3.63, 3.8) is 0 Å². The Morgan fingerprint density at radius 2 is 2.20 bits per heavy atom. The molecule has 1 aromatic carbocycles. The molecule has 0 aliphatic carbocycles. The molecule has 0 fully saturated rings. The summed E-state index contributed by atoms with van der Waals surface area (Å²) in [6.07, 6.45) is -0.585. The van der Waals surface area contributed by atoms with Crippen LogP contribution in [0.2, 0.25) is 0 Å². The minimum absolute atomic E-state index is 0.371. The van der Waals surface area contributed by atoms with Crippen LogP contribution in [-0.2, 0) is 4.79 Å². The van der Waals surface area contributed by atoms with Crippen molar-refractivity contribution in [2.24, 2.45) is 0 Å². The van der Waals surface area contributed by atoms with Crippen molar-refractivity contribution in [2.75, 3.05) is 6.61 Å². The van der Waals surface area contributed by atoms with Gasteiger partial charge in [-0.3, -0.25) is 0 Å². The summed E-state index contributed by atoms with van der Waals surface area (Å²) in [5, 5.41) is 17.9. The van der Waals surface area contributed by atoms with Gasteiger partial charge in [-0.05, 0) is 31.0 Å². The van der Waals surface area contributed by atoms with E-state index in [4.69, 9.17) is 9.84 Å². The minimum atomic E-state index is -1.02. The smallest absolute Gasteiger partial charge is 0.341 e. The average Bonchev–Trinajstić information content (AvgIpc) is 2.15. The maximum Gasteiger partial charge on any atom is 0.341 e. The molecule has 4 nitrogen and oxygen atoms in total. The van der Waals surface area contributed by atoms with Crippen LogP contribution in [0.3, 0.4) is 0 Å². The number of ether oxygens (including phenoxy) is 1. The molecule has 0 saturated carbocycles. The lowest BCUT2D eigenvalue weighted by atomic mass is 10.0. The van der Waals surface area contributed by atoms with Crippen LogP contribution in [-0.4, -0.2) is 22.8 Å². The highest BCUT2D eigenvalue weighted by Gasteiger charge is 2.09. The van der Waals surface area contributed by atoms with Crippen LogP contribution in [0.15, 0.2) is 18.2 Å². The van der Waals surface area contributed by atoms with Crippen LogP contribution >= 0.6 is 0 Å². The van der Waals surface area contributed by atoms with Gasteiger partial charge in [-0.25, -0.2) is 4.79 Å². The molecule has 0 radical (unpaired) electrons. The van der Waals surface area contributed by atoms with Crippen LogP contribution in [0.25, 0.3) is 0 Å². The van der Waals surface area contributed by atoms with Crippen LogP contribution in [0.1, 0.15) is 24.2 Å². The lowest BCUT2D eigenvalue weighted by Crippen LogP contribution is -2.10. The summed E-state index contributed by atoms with van der Waals surface area (Å²) in [5.41, 5.74) is 1.52. The quantitative estimate of drug-likeness (QED) is 0.790. The fourth-order valence-corrected chi connectivity index (χ4v) is 1.38. The van der Waals surface area contributed by atoms with Crippen molar-refractivity contribution < 1.29 is 19.7 Å². The zero-order chi connectivity index (χ0) is 11.4. The van der Waals surface area contributed by atoms with Gasteiger partial charge in [0, 0.05) is 0 Å². The fourth-order valence-electron chi connectivity index (χ4n) is 1.38. The number of rotatable bonds is 4. The average molecular weight is 210 g/mol. The van der Waals surface area contributed by atoms with E-state index in [2.05, 4.69) is 0 Å². The van der Waals surface area contributed by atoms with E-state index >= 15 is 0 Å². The zero-order valence-electron chi connectivity index (χ0n) is 8.73. The van der Waals surface area contributed by atoms with Crippen molar-refractivity contribution in [3.8, 4) is 5.75 Å². The summed E-state index contributed by atoms with van der Waals surface area (Å²) in [5.74, 6) is -0.521. The number of aliphatic hydroxyl groups excluding tert-OH is 1. The van der Waals surface area contributed by atoms with Gasteiger partial charge in [-0.15, -0.1) is 0 Å². The van der Waals surface area contributed by atoms with Gasteiger partial charge in [0.25, 0.3) is 0 Å². The van der Waals surface area contributed by atoms with Crippen molar-refractivity contribution in [1.29, 1.82) is 0 Å². The first-order valence-electron chi connectivity index (χ1n) is 4.64. The Balaban J connectivity index is 2.89. The Morgan fingerprint density at radius 1 is 1.53 bits per heavy atom. The molecule has 1 rings (SSSR count). The first-order valence-corrected chi connectivity index (χ1v) is 4.64. The van der Waals surface area contributed by atoms with Crippen molar-refractivity contribution in [1.82, 2.24) is 0 Å². The number of carboxylic acid groups (broad SMARTS) is 1. The van der Waals surface area contributed by atoms with E-state index in [1.807, 2.05) is 0 Å². The monoisotopic (exact) mass is 210 g/mol. The van der Waals surface area contributed by atoms with Gasteiger partial charge >= 0.3 is 5.97 Å². The van der Waals surface area contributed by atoms with E-state index in [-0.39, 0.29) is 6.61 Å². The second-order valence-electron chi connectivity index (χ2n) is 3.33. The van der Waals surface area contributed by atoms with Gasteiger partial charge in [0.05, 0.1) is 6.10 Å². The third-order valence-corrected chi connectivity index (χ3v) is 2.13. The van der Waals surface area contributed by atoms with E-state index in [1.54, 1.807) is 32.0 Å². The standard InChI is InChI=1S/C11H14O4/c1-7-9(8(2)12)4-3-5-10(7)15-6-11(13)14/h3-5,8,12H,6H2,1-2H3,(H,13,14). The molecule has 1 unspecified atom stereocenters. The van der Waals surface area contributed by atoms with Gasteiger partial charge in [-0.2, -0.15) is 0 Å². The van der Waals surface area contributed by atoms with E-state index in [0.717, 1.165) is 11.1 Å². The highest BCUT2D eigenvalue weighted by molar-refractivity contribution is 5.68. The number of aliphatic hydroxyl groups is 1. The molecule has 1 atom stereocenters. The number of carbonyl (C=O) groups is 1. The Bertz CT molecular complexity index is 358. The molecule has 0 amide bonds. The second kappa shape index (κ2) is 4.79. The molecule has 0 aliphatic rings. The molecule has 0 aliphatic heterocycles. The number of benzene rings is 1. The van der Waals surface area contributed by atoms with Gasteiger partial charge in [0.15, 0.2) is 6.61 Å². The van der Waals surface area contributed by atoms with E-state index < -0.39 is 12.1 Å². The first-order chi connectivity index (χ1) is 7.02. The molecule has 0 saturated heterocycles. The topological polar surface area (TPSA) is 66.8 Å². The maximum absolute atomic E-state index is 10.3.